The molecule has 0 unspecified atom stereocenters. The number of hydrogen-bond acceptors (Lipinski definition) is 6. The standard InChI is InChI=1S/C21H15N3O3S/c1-2-12-27-16-11-7-6-10-15(16)13-17-20(26)24-21(28-17)22-19(25)18(23-24)14-8-4-3-5-9-14/h2-11,13H,1,12H2/b17-13+. The second kappa shape index (κ2) is 7.58. The Morgan fingerprint density at radius 1 is 1.07 bits per heavy atom. The first-order valence-corrected chi connectivity index (χ1v) is 9.33. The number of nitrogens with zero attached hydrogens (tertiary/aromatic N) is 3. The molecule has 0 atom stereocenters. The average Bonchev–Trinajstić information content (AvgIpc) is 3.02. The van der Waals surface area contributed by atoms with Gasteiger partial charge in [0.25, 0.3) is 5.56 Å². The maximum atomic E-state index is 12.8. The minimum atomic E-state index is -0.464. The van der Waals surface area contributed by atoms with Gasteiger partial charge in [0.1, 0.15) is 12.4 Å². The lowest BCUT2D eigenvalue weighted by Crippen LogP contribution is -2.26. The van der Waals surface area contributed by atoms with Gasteiger partial charge in [-0.1, -0.05) is 72.5 Å². The number of ether oxygens (including phenoxy) is 1. The molecule has 0 aliphatic carbocycles. The molecule has 4 aromatic rings. The number of benzene rings is 2. The molecular weight excluding hydrogens is 374 g/mol. The van der Waals surface area contributed by atoms with Crippen molar-refractivity contribution in [3.05, 3.63) is 98.1 Å². The number of fused-ring (bicyclic) bond motifs is 1. The highest BCUT2D eigenvalue weighted by atomic mass is 32.1. The zero-order chi connectivity index (χ0) is 19.5. The maximum Gasteiger partial charge on any atom is 0.300 e. The van der Waals surface area contributed by atoms with Gasteiger partial charge in [-0.05, 0) is 12.1 Å². The Morgan fingerprint density at radius 3 is 2.61 bits per heavy atom. The highest BCUT2D eigenvalue weighted by Gasteiger charge is 2.12. The second-order valence-electron chi connectivity index (χ2n) is 5.88. The van der Waals surface area contributed by atoms with Crippen molar-refractivity contribution in [3.63, 3.8) is 0 Å². The summed E-state index contributed by atoms with van der Waals surface area (Å²) in [6.07, 6.45) is 3.37. The van der Waals surface area contributed by atoms with E-state index in [1.165, 1.54) is 4.52 Å². The first kappa shape index (κ1) is 17.8. The van der Waals surface area contributed by atoms with Crippen LogP contribution in [0.15, 0.2) is 76.8 Å². The van der Waals surface area contributed by atoms with Gasteiger partial charge in [-0.3, -0.25) is 9.59 Å². The molecule has 0 N–H and O–H groups in total. The average molecular weight is 389 g/mol. The van der Waals surface area contributed by atoms with Crippen LogP contribution in [0.3, 0.4) is 0 Å². The van der Waals surface area contributed by atoms with Crippen LogP contribution in [-0.2, 0) is 0 Å². The fourth-order valence-corrected chi connectivity index (χ4v) is 3.60. The van der Waals surface area contributed by atoms with E-state index in [0.717, 1.165) is 16.9 Å². The molecule has 0 aliphatic rings. The Balaban J connectivity index is 1.88. The van der Waals surface area contributed by atoms with Crippen molar-refractivity contribution in [1.82, 2.24) is 14.6 Å². The molecule has 2 aromatic heterocycles. The lowest BCUT2D eigenvalue weighted by Gasteiger charge is -2.05. The summed E-state index contributed by atoms with van der Waals surface area (Å²) in [5.41, 5.74) is 0.721. The van der Waals surface area contributed by atoms with Gasteiger partial charge in [0.15, 0.2) is 5.69 Å². The van der Waals surface area contributed by atoms with Crippen molar-refractivity contribution in [2.24, 2.45) is 0 Å². The summed E-state index contributed by atoms with van der Waals surface area (Å²) >= 11 is 1.11. The molecule has 2 heterocycles. The number of aromatic nitrogens is 3. The third kappa shape index (κ3) is 3.35. The van der Waals surface area contributed by atoms with Crippen molar-refractivity contribution in [2.75, 3.05) is 6.61 Å². The lowest BCUT2D eigenvalue weighted by atomic mass is 10.2. The Labute approximate surface area is 163 Å². The van der Waals surface area contributed by atoms with Crippen LogP contribution >= 0.6 is 11.3 Å². The van der Waals surface area contributed by atoms with Crippen LogP contribution in [-0.4, -0.2) is 21.2 Å². The molecule has 0 spiro atoms. The fourth-order valence-electron chi connectivity index (χ4n) is 2.71. The topological polar surface area (TPSA) is 73.6 Å². The van der Waals surface area contributed by atoms with Crippen LogP contribution in [0, 0.1) is 0 Å². The number of para-hydroxylation sites is 1. The molecule has 0 bridgehead atoms. The van der Waals surface area contributed by atoms with Crippen LogP contribution in [0.25, 0.3) is 22.3 Å². The molecule has 4 rings (SSSR count). The summed E-state index contributed by atoms with van der Waals surface area (Å²) in [5.74, 6) is 0.639. The Hall–Kier alpha value is -3.58. The summed E-state index contributed by atoms with van der Waals surface area (Å²) < 4.78 is 7.22. The first-order chi connectivity index (χ1) is 13.7. The van der Waals surface area contributed by atoms with Crippen molar-refractivity contribution in [3.8, 4) is 17.0 Å². The Morgan fingerprint density at radius 2 is 1.82 bits per heavy atom. The van der Waals surface area contributed by atoms with E-state index >= 15 is 0 Å². The van der Waals surface area contributed by atoms with Gasteiger partial charge in [0.05, 0.1) is 4.53 Å². The molecule has 0 saturated carbocycles. The third-order valence-electron chi connectivity index (χ3n) is 3.99. The van der Waals surface area contributed by atoms with Crippen molar-refractivity contribution >= 4 is 22.4 Å². The number of rotatable bonds is 5. The Bertz CT molecular complexity index is 1330. The third-order valence-corrected chi connectivity index (χ3v) is 4.95. The minimum Gasteiger partial charge on any atom is -0.489 e. The maximum absolute atomic E-state index is 12.8. The van der Waals surface area contributed by atoms with Crippen LogP contribution in [0.4, 0.5) is 0 Å². The SMILES string of the molecule is C=CCOc1ccccc1/C=c1/sc2nc(=O)c(-c3ccccc3)nn2c1=O. The minimum absolute atomic E-state index is 0.147. The number of thiazole rings is 1. The van der Waals surface area contributed by atoms with E-state index in [9.17, 15) is 9.59 Å². The highest BCUT2D eigenvalue weighted by molar-refractivity contribution is 7.15. The molecule has 0 saturated heterocycles. The summed E-state index contributed by atoms with van der Waals surface area (Å²) in [7, 11) is 0. The van der Waals surface area contributed by atoms with Crippen LogP contribution in [0.1, 0.15) is 5.56 Å². The predicted octanol–water partition coefficient (Wildman–Crippen LogP) is 2.29. The fraction of sp³-hybridized carbons (Fsp3) is 0.0476. The van der Waals surface area contributed by atoms with Crippen LogP contribution in [0.2, 0.25) is 0 Å². The Kier molecular flexibility index (Phi) is 4.82. The van der Waals surface area contributed by atoms with E-state index in [0.29, 0.717) is 22.5 Å². The monoisotopic (exact) mass is 389 g/mol. The van der Waals surface area contributed by atoms with Gasteiger partial charge < -0.3 is 4.74 Å². The van der Waals surface area contributed by atoms with E-state index in [4.69, 9.17) is 4.74 Å². The second-order valence-corrected chi connectivity index (χ2v) is 6.89. The summed E-state index contributed by atoms with van der Waals surface area (Å²) in [6, 6.07) is 16.3. The summed E-state index contributed by atoms with van der Waals surface area (Å²) in [5, 5.41) is 4.25. The normalized spacial score (nSPS) is 11.6. The van der Waals surface area contributed by atoms with E-state index in [2.05, 4.69) is 16.7 Å². The highest BCUT2D eigenvalue weighted by Crippen LogP contribution is 2.18. The molecule has 0 amide bonds. The molecule has 138 valence electrons. The molecule has 0 aliphatic heterocycles. The predicted molar refractivity (Wildman–Crippen MR) is 110 cm³/mol. The van der Waals surface area contributed by atoms with Gasteiger partial charge in [-0.2, -0.15) is 14.6 Å². The smallest absolute Gasteiger partial charge is 0.300 e. The largest absolute Gasteiger partial charge is 0.489 e. The van der Waals surface area contributed by atoms with Crippen molar-refractivity contribution in [2.45, 2.75) is 0 Å². The zero-order valence-electron chi connectivity index (χ0n) is 14.7. The summed E-state index contributed by atoms with van der Waals surface area (Å²) in [4.78, 5) is 29.5. The van der Waals surface area contributed by atoms with Gasteiger partial charge in [0.2, 0.25) is 4.96 Å². The molecule has 6 nitrogen and oxygen atoms in total. The van der Waals surface area contributed by atoms with Crippen LogP contribution < -0.4 is 20.4 Å². The van der Waals surface area contributed by atoms with E-state index < -0.39 is 5.56 Å². The molecule has 7 heteroatoms. The number of hydrogen-bond donors (Lipinski definition) is 0. The molecular formula is C21H15N3O3S. The van der Waals surface area contributed by atoms with Gasteiger partial charge >= 0.3 is 5.56 Å². The van der Waals surface area contributed by atoms with E-state index in [1.807, 2.05) is 30.3 Å². The van der Waals surface area contributed by atoms with Crippen molar-refractivity contribution < 1.29 is 4.74 Å². The molecule has 28 heavy (non-hydrogen) atoms. The van der Waals surface area contributed by atoms with E-state index in [1.54, 1.807) is 36.4 Å². The quantitative estimate of drug-likeness (QED) is 0.490. The van der Waals surface area contributed by atoms with E-state index in [-0.39, 0.29) is 16.2 Å². The van der Waals surface area contributed by atoms with Gasteiger partial charge in [0, 0.05) is 11.1 Å². The van der Waals surface area contributed by atoms with Crippen LogP contribution in [0.5, 0.6) is 5.75 Å². The lowest BCUT2D eigenvalue weighted by molar-refractivity contribution is 0.362. The molecule has 2 aromatic carbocycles. The zero-order valence-corrected chi connectivity index (χ0v) is 15.6. The molecule has 0 fully saturated rings. The van der Waals surface area contributed by atoms with Gasteiger partial charge in [-0.15, -0.1) is 0 Å². The summed E-state index contributed by atoms with van der Waals surface area (Å²) in [6.45, 7) is 4.00. The molecule has 0 radical (unpaired) electrons. The van der Waals surface area contributed by atoms with Crippen molar-refractivity contribution in [1.29, 1.82) is 0 Å². The van der Waals surface area contributed by atoms with Gasteiger partial charge in [-0.25, -0.2) is 0 Å². The first-order valence-electron chi connectivity index (χ1n) is 8.51.